The van der Waals surface area contributed by atoms with Crippen LogP contribution in [0.15, 0.2) is 24.3 Å². The lowest BCUT2D eigenvalue weighted by Gasteiger charge is -2.36. The third-order valence-corrected chi connectivity index (χ3v) is 4.62. The average Bonchev–Trinajstić information content (AvgIpc) is 2.93. The Balaban J connectivity index is 1.39. The van der Waals surface area contributed by atoms with Gasteiger partial charge in [-0.2, -0.15) is 0 Å². The standard InChI is InChI=1S/C17H24FN3O/c18-15-4-1-5-16(14-15)20-12-10-19(11-13-20)7-3-9-21-8-2-6-17(21)22/h1,4-5,14H,2-3,6-13H2. The second-order valence-corrected chi connectivity index (χ2v) is 6.15. The summed E-state index contributed by atoms with van der Waals surface area (Å²) >= 11 is 0. The van der Waals surface area contributed by atoms with Crippen LogP contribution in [0.5, 0.6) is 0 Å². The number of carbonyl (C=O) groups is 1. The highest BCUT2D eigenvalue weighted by molar-refractivity contribution is 5.77. The monoisotopic (exact) mass is 305 g/mol. The molecule has 0 unspecified atom stereocenters. The fourth-order valence-electron chi connectivity index (χ4n) is 3.33. The Hall–Kier alpha value is -1.62. The molecule has 5 heteroatoms. The van der Waals surface area contributed by atoms with Crippen molar-refractivity contribution in [3.63, 3.8) is 0 Å². The largest absolute Gasteiger partial charge is 0.369 e. The Morgan fingerprint density at radius 2 is 1.86 bits per heavy atom. The second kappa shape index (κ2) is 7.09. The van der Waals surface area contributed by atoms with E-state index < -0.39 is 0 Å². The third kappa shape index (κ3) is 3.77. The number of carbonyl (C=O) groups excluding carboxylic acids is 1. The minimum Gasteiger partial charge on any atom is -0.369 e. The minimum atomic E-state index is -0.171. The molecular formula is C17H24FN3O. The van der Waals surface area contributed by atoms with Gasteiger partial charge in [-0.15, -0.1) is 0 Å². The van der Waals surface area contributed by atoms with Crippen LogP contribution >= 0.6 is 0 Å². The van der Waals surface area contributed by atoms with Crippen LogP contribution in [-0.2, 0) is 4.79 Å². The van der Waals surface area contributed by atoms with E-state index in [0.29, 0.717) is 5.91 Å². The first-order valence-electron chi connectivity index (χ1n) is 8.23. The summed E-state index contributed by atoms with van der Waals surface area (Å²) in [6.45, 7) is 6.75. The molecule has 0 radical (unpaired) electrons. The van der Waals surface area contributed by atoms with Gasteiger partial charge in [-0.25, -0.2) is 4.39 Å². The highest BCUT2D eigenvalue weighted by Crippen LogP contribution is 2.17. The van der Waals surface area contributed by atoms with Crippen LogP contribution in [0.4, 0.5) is 10.1 Å². The summed E-state index contributed by atoms with van der Waals surface area (Å²) in [6, 6.07) is 6.83. The number of halogens is 1. The predicted octanol–water partition coefficient (Wildman–Crippen LogP) is 1.96. The summed E-state index contributed by atoms with van der Waals surface area (Å²) in [4.78, 5) is 18.2. The average molecular weight is 305 g/mol. The number of nitrogens with zero attached hydrogens (tertiary/aromatic N) is 3. The molecule has 0 bridgehead atoms. The summed E-state index contributed by atoms with van der Waals surface area (Å²) in [5.74, 6) is 0.145. The molecule has 1 amide bonds. The van der Waals surface area contributed by atoms with Crippen molar-refractivity contribution < 1.29 is 9.18 Å². The number of likely N-dealkylation sites (tertiary alicyclic amines) is 1. The van der Waals surface area contributed by atoms with Crippen molar-refractivity contribution >= 4 is 11.6 Å². The molecule has 1 aromatic carbocycles. The highest BCUT2D eigenvalue weighted by atomic mass is 19.1. The maximum absolute atomic E-state index is 13.3. The molecule has 0 N–H and O–H groups in total. The third-order valence-electron chi connectivity index (χ3n) is 4.62. The van der Waals surface area contributed by atoms with Gasteiger partial charge in [-0.1, -0.05) is 6.07 Å². The Morgan fingerprint density at radius 3 is 2.55 bits per heavy atom. The maximum atomic E-state index is 13.3. The van der Waals surface area contributed by atoms with E-state index in [1.807, 2.05) is 11.0 Å². The van der Waals surface area contributed by atoms with Crippen molar-refractivity contribution in [2.75, 3.05) is 50.7 Å². The van der Waals surface area contributed by atoms with Crippen LogP contribution in [-0.4, -0.2) is 61.5 Å². The molecular weight excluding hydrogens is 281 g/mol. The van der Waals surface area contributed by atoms with Gasteiger partial charge < -0.3 is 9.80 Å². The van der Waals surface area contributed by atoms with Crippen molar-refractivity contribution in [3.05, 3.63) is 30.1 Å². The molecule has 2 aliphatic rings. The van der Waals surface area contributed by atoms with Gasteiger partial charge in [0, 0.05) is 51.4 Å². The lowest BCUT2D eigenvalue weighted by atomic mass is 10.2. The number of amides is 1. The number of benzene rings is 1. The SMILES string of the molecule is O=C1CCCN1CCCN1CCN(c2cccc(F)c2)CC1. The van der Waals surface area contributed by atoms with E-state index in [-0.39, 0.29) is 5.82 Å². The summed E-state index contributed by atoms with van der Waals surface area (Å²) in [5, 5.41) is 0. The Morgan fingerprint density at radius 1 is 1.05 bits per heavy atom. The fourth-order valence-corrected chi connectivity index (χ4v) is 3.33. The van der Waals surface area contributed by atoms with Crippen LogP contribution in [0.25, 0.3) is 0 Å². The Kier molecular flexibility index (Phi) is 4.93. The topological polar surface area (TPSA) is 26.8 Å². The van der Waals surface area contributed by atoms with Crippen LogP contribution < -0.4 is 4.90 Å². The van der Waals surface area contributed by atoms with Crippen molar-refractivity contribution in [2.24, 2.45) is 0 Å². The summed E-state index contributed by atoms with van der Waals surface area (Å²) in [6.07, 6.45) is 2.79. The zero-order chi connectivity index (χ0) is 15.4. The molecule has 1 aromatic rings. The molecule has 22 heavy (non-hydrogen) atoms. The van der Waals surface area contributed by atoms with E-state index >= 15 is 0 Å². The van der Waals surface area contributed by atoms with E-state index in [9.17, 15) is 9.18 Å². The van der Waals surface area contributed by atoms with Crippen LogP contribution in [0, 0.1) is 5.82 Å². The first kappa shape index (κ1) is 15.3. The number of anilines is 1. The molecule has 2 aliphatic heterocycles. The van der Waals surface area contributed by atoms with Crippen LogP contribution in [0.2, 0.25) is 0 Å². The maximum Gasteiger partial charge on any atom is 0.222 e. The van der Waals surface area contributed by atoms with Crippen LogP contribution in [0.1, 0.15) is 19.3 Å². The molecule has 0 aromatic heterocycles. The zero-order valence-electron chi connectivity index (χ0n) is 13.0. The van der Waals surface area contributed by atoms with Gasteiger partial charge in [0.25, 0.3) is 0 Å². The molecule has 2 saturated heterocycles. The zero-order valence-corrected chi connectivity index (χ0v) is 13.0. The lowest BCUT2D eigenvalue weighted by molar-refractivity contribution is -0.127. The van der Waals surface area contributed by atoms with E-state index in [4.69, 9.17) is 0 Å². The fraction of sp³-hybridized carbons (Fsp3) is 0.588. The van der Waals surface area contributed by atoms with Crippen molar-refractivity contribution in [3.8, 4) is 0 Å². The molecule has 120 valence electrons. The van der Waals surface area contributed by atoms with Gasteiger partial charge in [0.05, 0.1) is 0 Å². The summed E-state index contributed by atoms with van der Waals surface area (Å²) in [5.41, 5.74) is 0.974. The molecule has 0 spiro atoms. The summed E-state index contributed by atoms with van der Waals surface area (Å²) < 4.78 is 13.3. The van der Waals surface area contributed by atoms with Gasteiger partial charge in [0.1, 0.15) is 5.82 Å². The number of piperazine rings is 1. The Labute approximate surface area is 131 Å². The lowest BCUT2D eigenvalue weighted by Crippen LogP contribution is -2.47. The van der Waals surface area contributed by atoms with Crippen molar-refractivity contribution in [2.45, 2.75) is 19.3 Å². The van der Waals surface area contributed by atoms with E-state index in [1.54, 1.807) is 12.1 Å². The van der Waals surface area contributed by atoms with Gasteiger partial charge in [-0.3, -0.25) is 9.69 Å². The van der Waals surface area contributed by atoms with Gasteiger partial charge >= 0.3 is 0 Å². The first-order valence-corrected chi connectivity index (χ1v) is 8.23. The normalized spacial score (nSPS) is 20.0. The number of hydrogen-bond acceptors (Lipinski definition) is 3. The highest BCUT2D eigenvalue weighted by Gasteiger charge is 2.21. The van der Waals surface area contributed by atoms with Gasteiger partial charge in [0.15, 0.2) is 0 Å². The first-order chi connectivity index (χ1) is 10.7. The molecule has 3 rings (SSSR count). The molecule has 4 nitrogen and oxygen atoms in total. The Bertz CT molecular complexity index is 514. The van der Waals surface area contributed by atoms with Gasteiger partial charge in [-0.05, 0) is 37.6 Å². The van der Waals surface area contributed by atoms with Gasteiger partial charge in [0.2, 0.25) is 5.91 Å². The molecule has 2 fully saturated rings. The molecule has 0 saturated carbocycles. The summed E-state index contributed by atoms with van der Waals surface area (Å²) in [7, 11) is 0. The molecule has 2 heterocycles. The molecule has 0 aliphatic carbocycles. The smallest absolute Gasteiger partial charge is 0.222 e. The van der Waals surface area contributed by atoms with Crippen molar-refractivity contribution in [1.82, 2.24) is 9.80 Å². The quantitative estimate of drug-likeness (QED) is 0.832. The number of hydrogen-bond donors (Lipinski definition) is 0. The predicted molar refractivity (Wildman–Crippen MR) is 85.5 cm³/mol. The van der Waals surface area contributed by atoms with E-state index in [2.05, 4.69) is 9.80 Å². The number of rotatable bonds is 5. The van der Waals surface area contributed by atoms with E-state index in [0.717, 1.165) is 70.8 Å². The van der Waals surface area contributed by atoms with Crippen LogP contribution in [0.3, 0.4) is 0 Å². The second-order valence-electron chi connectivity index (χ2n) is 6.15. The minimum absolute atomic E-state index is 0.171. The van der Waals surface area contributed by atoms with Crippen molar-refractivity contribution in [1.29, 1.82) is 0 Å². The molecule has 0 atom stereocenters. The van der Waals surface area contributed by atoms with E-state index in [1.165, 1.54) is 6.07 Å².